The smallest absolute Gasteiger partial charge is 0.421 e. The minimum absolute atomic E-state index is 0.101. The van der Waals surface area contributed by atoms with E-state index in [-0.39, 0.29) is 11.8 Å². The molecule has 0 saturated heterocycles. The Morgan fingerprint density at radius 2 is 1.92 bits per heavy atom. The van der Waals surface area contributed by atoms with Gasteiger partial charge in [0.1, 0.15) is 5.56 Å². The summed E-state index contributed by atoms with van der Waals surface area (Å²) in [6.45, 7) is 2.07. The van der Waals surface area contributed by atoms with Crippen molar-refractivity contribution in [3.63, 3.8) is 0 Å². The predicted octanol–water partition coefficient (Wildman–Crippen LogP) is 4.61. The molecule has 0 atom stereocenters. The Bertz CT molecular complexity index is 689. The zero-order valence-electron chi connectivity index (χ0n) is 13.9. The molecule has 0 unspecified atom stereocenters. The number of hydrogen-bond donors (Lipinski definition) is 0. The van der Waals surface area contributed by atoms with Crippen LogP contribution in [-0.4, -0.2) is 24.1 Å². The summed E-state index contributed by atoms with van der Waals surface area (Å²) < 4.78 is 44.8. The molecule has 2 aromatic rings. The number of benzene rings is 1. The molecule has 0 spiro atoms. The van der Waals surface area contributed by atoms with Gasteiger partial charge in [0, 0.05) is 18.9 Å². The zero-order valence-corrected chi connectivity index (χ0v) is 13.9. The van der Waals surface area contributed by atoms with Gasteiger partial charge in [-0.3, -0.25) is 0 Å². The molecule has 0 aliphatic rings. The van der Waals surface area contributed by atoms with E-state index in [1.54, 1.807) is 19.2 Å². The number of hydrogen-bond acceptors (Lipinski definition) is 4. The van der Waals surface area contributed by atoms with Gasteiger partial charge < -0.3 is 9.64 Å². The summed E-state index contributed by atoms with van der Waals surface area (Å²) in [5.74, 6) is -0.224. The first-order valence-electron chi connectivity index (χ1n) is 7.68. The molecule has 0 N–H and O–H groups in total. The van der Waals surface area contributed by atoms with Gasteiger partial charge in [-0.25, -0.2) is 4.98 Å². The number of aromatic nitrogens is 2. The molecule has 130 valence electrons. The lowest BCUT2D eigenvalue weighted by atomic mass is 10.1. The fraction of sp³-hybridized carbons (Fsp3) is 0.412. The Morgan fingerprint density at radius 1 is 1.21 bits per heavy atom. The van der Waals surface area contributed by atoms with E-state index in [9.17, 15) is 13.2 Å². The molecule has 1 heterocycles. The maximum Gasteiger partial charge on any atom is 0.421 e. The highest BCUT2D eigenvalue weighted by Crippen LogP contribution is 2.38. The first-order chi connectivity index (χ1) is 11.4. The molecule has 0 amide bonds. The van der Waals surface area contributed by atoms with Gasteiger partial charge >= 0.3 is 12.2 Å². The number of nitrogens with zero attached hydrogens (tertiary/aromatic N) is 3. The molecule has 0 aliphatic heterocycles. The van der Waals surface area contributed by atoms with Gasteiger partial charge in [0.15, 0.2) is 5.82 Å². The number of halogens is 3. The van der Waals surface area contributed by atoms with E-state index in [4.69, 9.17) is 4.74 Å². The number of rotatable bonds is 6. The van der Waals surface area contributed by atoms with Gasteiger partial charge in [0.25, 0.3) is 0 Å². The summed E-state index contributed by atoms with van der Waals surface area (Å²) >= 11 is 0. The van der Waals surface area contributed by atoms with Crippen LogP contribution in [0.2, 0.25) is 0 Å². The molecule has 0 aliphatic carbocycles. The summed E-state index contributed by atoms with van der Waals surface area (Å²) in [5.41, 5.74) is 0.779. The second kappa shape index (κ2) is 7.51. The first-order valence-corrected chi connectivity index (χ1v) is 7.68. The van der Waals surface area contributed by atoms with Crippen molar-refractivity contribution >= 4 is 11.5 Å². The Balaban J connectivity index is 2.51. The number of unbranched alkanes of at least 4 members (excludes halogenated alkanes) is 1. The average molecular weight is 339 g/mol. The van der Waals surface area contributed by atoms with Crippen molar-refractivity contribution in [3.05, 3.63) is 41.6 Å². The third kappa shape index (κ3) is 3.96. The Hall–Kier alpha value is -2.31. The van der Waals surface area contributed by atoms with Crippen molar-refractivity contribution in [1.82, 2.24) is 9.97 Å². The minimum atomic E-state index is -4.55. The van der Waals surface area contributed by atoms with Crippen LogP contribution in [-0.2, 0) is 12.6 Å². The monoisotopic (exact) mass is 339 g/mol. The molecular weight excluding hydrogens is 319 g/mol. The molecule has 0 bridgehead atoms. The predicted molar refractivity (Wildman–Crippen MR) is 86.7 cm³/mol. The van der Waals surface area contributed by atoms with Gasteiger partial charge in [0.05, 0.1) is 7.11 Å². The molecule has 4 nitrogen and oxygen atoms in total. The standard InChI is InChI=1S/C17H20F3N3O/c1-4-5-8-12-9-6-7-10-14(12)23(2)15-13(17(18,19)20)11-21-16(22-15)24-3/h6-7,9-11H,4-5,8H2,1-3H3. The topological polar surface area (TPSA) is 38.2 Å². The molecule has 7 heteroatoms. The highest BCUT2D eigenvalue weighted by molar-refractivity contribution is 5.66. The van der Waals surface area contributed by atoms with E-state index in [1.165, 1.54) is 12.0 Å². The van der Waals surface area contributed by atoms with Crippen LogP contribution in [0.4, 0.5) is 24.7 Å². The van der Waals surface area contributed by atoms with Crippen molar-refractivity contribution < 1.29 is 17.9 Å². The number of ether oxygens (including phenoxy) is 1. The van der Waals surface area contributed by atoms with Crippen LogP contribution in [0.15, 0.2) is 30.5 Å². The van der Waals surface area contributed by atoms with Crippen LogP contribution in [0.25, 0.3) is 0 Å². The lowest BCUT2D eigenvalue weighted by Gasteiger charge is -2.24. The molecule has 2 rings (SSSR count). The second-order valence-electron chi connectivity index (χ2n) is 5.38. The van der Waals surface area contributed by atoms with E-state index in [1.807, 2.05) is 12.1 Å². The lowest BCUT2D eigenvalue weighted by Crippen LogP contribution is -2.20. The highest BCUT2D eigenvalue weighted by Gasteiger charge is 2.37. The van der Waals surface area contributed by atoms with Crippen LogP contribution in [0.1, 0.15) is 30.9 Å². The Kier molecular flexibility index (Phi) is 5.64. The number of anilines is 2. The molecule has 0 radical (unpaired) electrons. The highest BCUT2D eigenvalue weighted by atomic mass is 19.4. The summed E-state index contributed by atoms with van der Waals surface area (Å²) in [5, 5.41) is 0. The fourth-order valence-electron chi connectivity index (χ4n) is 2.44. The van der Waals surface area contributed by atoms with Gasteiger partial charge in [-0.1, -0.05) is 31.5 Å². The molecule has 1 aromatic carbocycles. The largest absolute Gasteiger partial charge is 0.467 e. The number of aryl methyl sites for hydroxylation is 1. The third-order valence-corrected chi connectivity index (χ3v) is 3.70. The zero-order chi connectivity index (χ0) is 17.7. The fourth-order valence-corrected chi connectivity index (χ4v) is 2.44. The number of alkyl halides is 3. The van der Waals surface area contributed by atoms with E-state index in [0.717, 1.165) is 31.0 Å². The summed E-state index contributed by atoms with van der Waals surface area (Å²) in [6.07, 6.45) is -1.03. The van der Waals surface area contributed by atoms with Crippen LogP contribution in [0.5, 0.6) is 6.01 Å². The van der Waals surface area contributed by atoms with E-state index in [2.05, 4.69) is 16.9 Å². The first kappa shape index (κ1) is 18.0. The van der Waals surface area contributed by atoms with Gasteiger partial charge in [0.2, 0.25) is 0 Å². The lowest BCUT2D eigenvalue weighted by molar-refractivity contribution is -0.137. The number of para-hydroxylation sites is 1. The van der Waals surface area contributed by atoms with E-state index < -0.39 is 11.7 Å². The maximum atomic E-state index is 13.3. The maximum absolute atomic E-state index is 13.3. The summed E-state index contributed by atoms with van der Waals surface area (Å²) in [6, 6.07) is 7.30. The Morgan fingerprint density at radius 3 is 2.54 bits per heavy atom. The molecule has 0 saturated carbocycles. The molecule has 0 fully saturated rings. The van der Waals surface area contributed by atoms with Crippen molar-refractivity contribution in [1.29, 1.82) is 0 Å². The summed E-state index contributed by atoms with van der Waals surface area (Å²) in [4.78, 5) is 8.96. The van der Waals surface area contributed by atoms with Crippen molar-refractivity contribution in [2.45, 2.75) is 32.4 Å². The van der Waals surface area contributed by atoms with Crippen molar-refractivity contribution in [2.75, 3.05) is 19.1 Å². The average Bonchev–Trinajstić information content (AvgIpc) is 2.58. The normalized spacial score (nSPS) is 11.4. The minimum Gasteiger partial charge on any atom is -0.467 e. The van der Waals surface area contributed by atoms with Crippen LogP contribution < -0.4 is 9.64 Å². The van der Waals surface area contributed by atoms with Gasteiger partial charge in [-0.05, 0) is 24.5 Å². The van der Waals surface area contributed by atoms with Gasteiger partial charge in [-0.15, -0.1) is 0 Å². The van der Waals surface area contributed by atoms with E-state index in [0.29, 0.717) is 5.69 Å². The van der Waals surface area contributed by atoms with Crippen molar-refractivity contribution in [3.8, 4) is 6.01 Å². The second-order valence-corrected chi connectivity index (χ2v) is 5.38. The Labute approximate surface area is 139 Å². The van der Waals surface area contributed by atoms with Crippen LogP contribution >= 0.6 is 0 Å². The third-order valence-electron chi connectivity index (χ3n) is 3.70. The van der Waals surface area contributed by atoms with Crippen LogP contribution in [0, 0.1) is 0 Å². The SMILES string of the molecule is CCCCc1ccccc1N(C)c1nc(OC)ncc1C(F)(F)F. The molecule has 24 heavy (non-hydrogen) atoms. The van der Waals surface area contributed by atoms with E-state index >= 15 is 0 Å². The molecular formula is C17H20F3N3O. The quantitative estimate of drug-likeness (QED) is 0.770. The summed E-state index contributed by atoms with van der Waals surface area (Å²) in [7, 11) is 2.89. The number of methoxy groups -OCH3 is 1. The molecule has 1 aromatic heterocycles. The van der Waals surface area contributed by atoms with Crippen molar-refractivity contribution in [2.24, 2.45) is 0 Å². The van der Waals surface area contributed by atoms with Crippen LogP contribution in [0.3, 0.4) is 0 Å². The van der Waals surface area contributed by atoms with Gasteiger partial charge in [-0.2, -0.15) is 18.2 Å².